The lowest BCUT2D eigenvalue weighted by Gasteiger charge is -2.41. The molecule has 1 fully saturated rings. The molecule has 0 bridgehead atoms. The average Bonchev–Trinajstić information content (AvgIpc) is 2.67. The molecular formula is C21H23FN2O. The highest BCUT2D eigenvalue weighted by Crippen LogP contribution is 2.25. The largest absolute Gasteiger partial charge is 0.337 e. The lowest BCUT2D eigenvalue weighted by atomic mass is 9.95. The molecule has 0 aromatic heterocycles. The summed E-state index contributed by atoms with van der Waals surface area (Å²) in [6.45, 7) is 3.38. The summed E-state index contributed by atoms with van der Waals surface area (Å²) in [6, 6.07) is 15.2. The first-order chi connectivity index (χ1) is 12.2. The zero-order valence-electron chi connectivity index (χ0n) is 14.3. The zero-order chi connectivity index (χ0) is 17.2. The lowest BCUT2D eigenvalue weighted by Crippen LogP contribution is -2.51. The lowest BCUT2D eigenvalue weighted by molar-refractivity contribution is 0.0545. The molecule has 130 valence electrons. The van der Waals surface area contributed by atoms with Gasteiger partial charge in [-0.15, -0.1) is 0 Å². The first-order valence-electron chi connectivity index (χ1n) is 9.07. The molecular weight excluding hydrogens is 315 g/mol. The summed E-state index contributed by atoms with van der Waals surface area (Å²) in [5, 5.41) is 0. The van der Waals surface area contributed by atoms with Gasteiger partial charge in [-0.3, -0.25) is 9.69 Å². The van der Waals surface area contributed by atoms with Gasteiger partial charge in [-0.05, 0) is 42.5 Å². The molecule has 2 aromatic carbocycles. The van der Waals surface area contributed by atoms with Gasteiger partial charge in [-0.25, -0.2) is 4.39 Å². The number of carbonyl (C=O) groups is 1. The predicted molar refractivity (Wildman–Crippen MR) is 95.9 cm³/mol. The van der Waals surface area contributed by atoms with Crippen molar-refractivity contribution in [2.45, 2.75) is 31.8 Å². The van der Waals surface area contributed by atoms with E-state index < -0.39 is 5.82 Å². The van der Waals surface area contributed by atoms with Crippen molar-refractivity contribution in [3.05, 3.63) is 71.0 Å². The number of hydrogen-bond acceptors (Lipinski definition) is 2. The average molecular weight is 338 g/mol. The van der Waals surface area contributed by atoms with E-state index in [-0.39, 0.29) is 11.5 Å². The molecule has 0 unspecified atom stereocenters. The van der Waals surface area contributed by atoms with Crippen LogP contribution in [-0.4, -0.2) is 41.4 Å². The van der Waals surface area contributed by atoms with Crippen LogP contribution in [-0.2, 0) is 13.0 Å². The number of halogens is 1. The molecule has 0 radical (unpaired) electrons. The van der Waals surface area contributed by atoms with Crippen LogP contribution in [0.2, 0.25) is 0 Å². The molecule has 0 saturated carbocycles. The van der Waals surface area contributed by atoms with E-state index in [0.717, 1.165) is 32.4 Å². The second-order valence-corrected chi connectivity index (χ2v) is 7.02. The van der Waals surface area contributed by atoms with E-state index in [1.807, 2.05) is 4.90 Å². The maximum absolute atomic E-state index is 14.0. The van der Waals surface area contributed by atoms with Crippen LogP contribution < -0.4 is 0 Å². The fourth-order valence-corrected chi connectivity index (χ4v) is 4.07. The summed E-state index contributed by atoms with van der Waals surface area (Å²) >= 11 is 0. The number of hydrogen-bond donors (Lipinski definition) is 0. The van der Waals surface area contributed by atoms with Crippen molar-refractivity contribution < 1.29 is 9.18 Å². The van der Waals surface area contributed by atoms with Gasteiger partial charge in [0, 0.05) is 32.2 Å². The topological polar surface area (TPSA) is 23.6 Å². The van der Waals surface area contributed by atoms with Crippen LogP contribution in [0.3, 0.4) is 0 Å². The highest BCUT2D eigenvalue weighted by Gasteiger charge is 2.30. The van der Waals surface area contributed by atoms with Crippen LogP contribution >= 0.6 is 0 Å². The van der Waals surface area contributed by atoms with Crippen molar-refractivity contribution in [2.75, 3.05) is 19.6 Å². The Morgan fingerprint density at radius 1 is 1.00 bits per heavy atom. The molecule has 1 saturated heterocycles. The molecule has 2 aliphatic rings. The summed E-state index contributed by atoms with van der Waals surface area (Å²) in [4.78, 5) is 17.0. The third kappa shape index (κ3) is 3.31. The van der Waals surface area contributed by atoms with Crippen molar-refractivity contribution in [1.82, 2.24) is 9.80 Å². The van der Waals surface area contributed by atoms with E-state index in [9.17, 15) is 9.18 Å². The third-order valence-electron chi connectivity index (χ3n) is 5.46. The Kier molecular flexibility index (Phi) is 4.53. The summed E-state index contributed by atoms with van der Waals surface area (Å²) in [6.07, 6.45) is 3.14. The highest BCUT2D eigenvalue weighted by molar-refractivity contribution is 5.94. The Hall–Kier alpha value is -2.20. The van der Waals surface area contributed by atoms with Crippen LogP contribution in [0.25, 0.3) is 0 Å². The molecule has 25 heavy (non-hydrogen) atoms. The molecule has 0 N–H and O–H groups in total. The maximum Gasteiger partial charge on any atom is 0.256 e. The van der Waals surface area contributed by atoms with Gasteiger partial charge < -0.3 is 4.90 Å². The van der Waals surface area contributed by atoms with Gasteiger partial charge >= 0.3 is 0 Å². The molecule has 0 aliphatic carbocycles. The van der Waals surface area contributed by atoms with E-state index in [4.69, 9.17) is 0 Å². The first kappa shape index (κ1) is 16.3. The zero-order valence-corrected chi connectivity index (χ0v) is 14.3. The number of fused-ring (bicyclic) bond motifs is 1. The summed E-state index contributed by atoms with van der Waals surface area (Å²) in [7, 11) is 0. The summed E-state index contributed by atoms with van der Waals surface area (Å²) in [5.74, 6) is -0.610. The SMILES string of the molecule is O=C(c1ccccc1F)N1CCC[C@H](N2CCc3ccccc3C2)C1. The minimum absolute atomic E-state index is 0.180. The predicted octanol–water partition coefficient (Wildman–Crippen LogP) is 3.49. The van der Waals surface area contributed by atoms with Crippen molar-refractivity contribution in [3.63, 3.8) is 0 Å². The molecule has 3 nitrogen and oxygen atoms in total. The fraction of sp³-hybridized carbons (Fsp3) is 0.381. The van der Waals surface area contributed by atoms with Crippen LogP contribution in [0.1, 0.15) is 34.3 Å². The van der Waals surface area contributed by atoms with E-state index in [1.165, 1.54) is 17.2 Å². The van der Waals surface area contributed by atoms with E-state index >= 15 is 0 Å². The number of carbonyl (C=O) groups excluding carboxylic acids is 1. The van der Waals surface area contributed by atoms with Crippen LogP contribution in [0.4, 0.5) is 4.39 Å². The fourth-order valence-electron chi connectivity index (χ4n) is 4.07. The Bertz CT molecular complexity index is 776. The first-order valence-corrected chi connectivity index (χ1v) is 9.07. The van der Waals surface area contributed by atoms with Gasteiger partial charge in [0.15, 0.2) is 0 Å². The van der Waals surface area contributed by atoms with Gasteiger partial charge in [0.2, 0.25) is 0 Å². The minimum Gasteiger partial charge on any atom is -0.337 e. The van der Waals surface area contributed by atoms with Gasteiger partial charge in [-0.2, -0.15) is 0 Å². The standard InChI is InChI=1S/C21H23FN2O/c22-20-10-4-3-9-19(20)21(25)24-12-5-8-18(15-24)23-13-11-16-6-1-2-7-17(16)14-23/h1-4,6-7,9-10,18H,5,8,11-15H2/t18-/m0/s1. The molecule has 0 spiro atoms. The van der Waals surface area contributed by atoms with Gasteiger partial charge in [0.05, 0.1) is 5.56 Å². The second kappa shape index (κ2) is 6.96. The smallest absolute Gasteiger partial charge is 0.256 e. The molecule has 2 heterocycles. The number of nitrogens with zero attached hydrogens (tertiary/aromatic N) is 2. The normalized spacial score (nSPS) is 21.0. The van der Waals surface area contributed by atoms with Crippen LogP contribution in [0.15, 0.2) is 48.5 Å². The number of rotatable bonds is 2. The van der Waals surface area contributed by atoms with Crippen LogP contribution in [0.5, 0.6) is 0 Å². The summed E-state index contributed by atoms with van der Waals surface area (Å²) < 4.78 is 14.0. The number of amides is 1. The number of likely N-dealkylation sites (tertiary alicyclic amines) is 1. The number of benzene rings is 2. The molecule has 2 aromatic rings. The minimum atomic E-state index is -0.429. The van der Waals surface area contributed by atoms with Crippen molar-refractivity contribution in [1.29, 1.82) is 0 Å². The Morgan fingerprint density at radius 3 is 2.60 bits per heavy atom. The van der Waals surface area contributed by atoms with E-state index in [2.05, 4.69) is 29.2 Å². The Labute approximate surface area is 148 Å². The molecule has 1 amide bonds. The number of piperidine rings is 1. The highest BCUT2D eigenvalue weighted by atomic mass is 19.1. The monoisotopic (exact) mass is 338 g/mol. The molecule has 1 atom stereocenters. The maximum atomic E-state index is 14.0. The van der Waals surface area contributed by atoms with Gasteiger partial charge in [0.1, 0.15) is 5.82 Å². The van der Waals surface area contributed by atoms with E-state index in [0.29, 0.717) is 19.1 Å². The van der Waals surface area contributed by atoms with Gasteiger partial charge in [-0.1, -0.05) is 36.4 Å². The second-order valence-electron chi connectivity index (χ2n) is 7.02. The molecule has 4 rings (SSSR count). The van der Waals surface area contributed by atoms with Gasteiger partial charge in [0.25, 0.3) is 5.91 Å². The van der Waals surface area contributed by atoms with Crippen molar-refractivity contribution in [2.24, 2.45) is 0 Å². The van der Waals surface area contributed by atoms with E-state index in [1.54, 1.807) is 18.2 Å². The van der Waals surface area contributed by atoms with Crippen molar-refractivity contribution in [3.8, 4) is 0 Å². The Balaban J connectivity index is 1.47. The summed E-state index contributed by atoms with van der Waals surface area (Å²) in [5.41, 5.74) is 3.02. The Morgan fingerprint density at radius 2 is 1.76 bits per heavy atom. The molecule has 2 aliphatic heterocycles. The quantitative estimate of drug-likeness (QED) is 0.837. The molecule has 4 heteroatoms. The third-order valence-corrected chi connectivity index (χ3v) is 5.46. The van der Waals surface area contributed by atoms with Crippen LogP contribution in [0, 0.1) is 5.82 Å². The van der Waals surface area contributed by atoms with Crippen molar-refractivity contribution >= 4 is 5.91 Å².